The first kappa shape index (κ1) is 11.6. The number of hydrogen-bond donors (Lipinski definition) is 1. The number of hydrogen-bond acceptors (Lipinski definition) is 3. The van der Waals surface area contributed by atoms with Gasteiger partial charge >= 0.3 is 0 Å². The van der Waals surface area contributed by atoms with Gasteiger partial charge in [-0.05, 0) is 49.9 Å². The van der Waals surface area contributed by atoms with Gasteiger partial charge in [0.1, 0.15) is 11.5 Å². The van der Waals surface area contributed by atoms with Crippen molar-refractivity contribution in [2.24, 2.45) is 0 Å². The Morgan fingerprint density at radius 2 is 1.89 bits per heavy atom. The highest BCUT2D eigenvalue weighted by atomic mass is 16.3. The normalized spacial score (nSPS) is 21.4. The quantitative estimate of drug-likeness (QED) is 0.826. The molecular weight excluding hydrogens is 226 g/mol. The highest BCUT2D eigenvalue weighted by molar-refractivity contribution is 5.96. The van der Waals surface area contributed by atoms with E-state index in [2.05, 4.69) is 4.90 Å². The van der Waals surface area contributed by atoms with E-state index in [1.54, 1.807) is 6.07 Å². The minimum atomic E-state index is -0.405. The minimum absolute atomic E-state index is 0.246. The molecule has 1 aliphatic carbocycles. The average molecular weight is 245 g/mol. The molecule has 1 aromatic carbocycles. The van der Waals surface area contributed by atoms with E-state index in [9.17, 15) is 9.90 Å². The predicted molar refractivity (Wildman–Crippen MR) is 71.3 cm³/mol. The van der Waals surface area contributed by atoms with Gasteiger partial charge in [0.2, 0.25) is 0 Å². The molecular formula is C15H19NO2. The van der Waals surface area contributed by atoms with Gasteiger partial charge in [0.25, 0.3) is 0 Å². The van der Waals surface area contributed by atoms with Gasteiger partial charge in [-0.25, -0.2) is 0 Å². The number of carbonyl (C=O) groups excluding carboxylic acids is 1. The van der Waals surface area contributed by atoms with Crippen molar-refractivity contribution in [3.63, 3.8) is 0 Å². The summed E-state index contributed by atoms with van der Waals surface area (Å²) in [7, 11) is 0. The molecule has 1 fully saturated rings. The number of rotatable bonds is 1. The van der Waals surface area contributed by atoms with Crippen molar-refractivity contribution in [1.82, 2.24) is 0 Å². The van der Waals surface area contributed by atoms with E-state index < -0.39 is 5.41 Å². The minimum Gasteiger partial charge on any atom is -0.506 e. The maximum absolute atomic E-state index is 12.0. The van der Waals surface area contributed by atoms with Crippen LogP contribution in [-0.2, 0) is 16.6 Å². The molecule has 0 atom stereocenters. The van der Waals surface area contributed by atoms with Crippen LogP contribution in [0, 0.1) is 0 Å². The SMILES string of the molecule is CC1(C)C(=O)Cc2cc(O)c(N3CCCC3)cc21. The Balaban J connectivity index is 2.09. The van der Waals surface area contributed by atoms with E-state index in [4.69, 9.17) is 0 Å². The summed E-state index contributed by atoms with van der Waals surface area (Å²) in [6.07, 6.45) is 2.81. The van der Waals surface area contributed by atoms with Crippen molar-refractivity contribution in [2.75, 3.05) is 18.0 Å². The number of carbonyl (C=O) groups is 1. The largest absolute Gasteiger partial charge is 0.506 e. The Hall–Kier alpha value is -1.51. The molecule has 0 aromatic heterocycles. The van der Waals surface area contributed by atoms with E-state index in [-0.39, 0.29) is 5.78 Å². The first-order chi connectivity index (χ1) is 8.50. The summed E-state index contributed by atoms with van der Waals surface area (Å²) in [6.45, 7) is 5.96. The van der Waals surface area contributed by atoms with Crippen molar-refractivity contribution in [1.29, 1.82) is 0 Å². The van der Waals surface area contributed by atoms with Crippen LogP contribution in [0.15, 0.2) is 12.1 Å². The average Bonchev–Trinajstić information content (AvgIpc) is 2.87. The lowest BCUT2D eigenvalue weighted by atomic mass is 9.85. The zero-order valence-electron chi connectivity index (χ0n) is 11.0. The zero-order chi connectivity index (χ0) is 12.9. The van der Waals surface area contributed by atoms with Crippen molar-refractivity contribution in [3.8, 4) is 5.75 Å². The summed E-state index contributed by atoms with van der Waals surface area (Å²) in [5, 5.41) is 10.1. The first-order valence-electron chi connectivity index (χ1n) is 6.65. The Morgan fingerprint density at radius 3 is 2.56 bits per heavy atom. The van der Waals surface area contributed by atoms with Gasteiger partial charge in [0, 0.05) is 24.9 Å². The monoisotopic (exact) mass is 245 g/mol. The van der Waals surface area contributed by atoms with Gasteiger partial charge in [0.15, 0.2) is 0 Å². The molecule has 0 saturated carbocycles. The molecule has 3 rings (SSSR count). The highest BCUT2D eigenvalue weighted by Crippen LogP contribution is 2.42. The van der Waals surface area contributed by atoms with E-state index in [0.29, 0.717) is 12.2 Å². The van der Waals surface area contributed by atoms with Crippen molar-refractivity contribution >= 4 is 11.5 Å². The van der Waals surface area contributed by atoms with E-state index in [1.165, 1.54) is 12.8 Å². The molecule has 96 valence electrons. The van der Waals surface area contributed by atoms with Gasteiger partial charge in [-0.15, -0.1) is 0 Å². The van der Waals surface area contributed by atoms with Gasteiger partial charge in [0.05, 0.1) is 5.69 Å². The summed E-state index contributed by atoms with van der Waals surface area (Å²) < 4.78 is 0. The van der Waals surface area contributed by atoms with Crippen LogP contribution in [0.3, 0.4) is 0 Å². The number of Topliss-reactive ketones (excluding diaryl/α,β-unsaturated/α-hetero) is 1. The molecule has 1 heterocycles. The maximum atomic E-state index is 12.0. The lowest BCUT2D eigenvalue weighted by Crippen LogP contribution is -2.24. The molecule has 0 spiro atoms. The molecule has 2 aliphatic rings. The van der Waals surface area contributed by atoms with Gasteiger partial charge in [-0.1, -0.05) is 0 Å². The Kier molecular flexibility index (Phi) is 2.40. The van der Waals surface area contributed by atoms with Crippen molar-refractivity contribution in [3.05, 3.63) is 23.3 Å². The third-order valence-corrected chi connectivity index (χ3v) is 4.37. The number of benzene rings is 1. The standard InChI is InChI=1S/C15H19NO2/c1-15(2)11-9-12(16-5-3-4-6-16)13(17)7-10(11)8-14(15)18/h7,9,17H,3-6,8H2,1-2H3. The van der Waals surface area contributed by atoms with Crippen LogP contribution in [0.1, 0.15) is 37.8 Å². The molecule has 1 N–H and O–H groups in total. The molecule has 18 heavy (non-hydrogen) atoms. The Bertz CT molecular complexity index is 513. The zero-order valence-corrected chi connectivity index (χ0v) is 11.0. The Labute approximate surface area is 107 Å². The molecule has 0 amide bonds. The highest BCUT2D eigenvalue weighted by Gasteiger charge is 2.39. The number of fused-ring (bicyclic) bond motifs is 1. The lowest BCUT2D eigenvalue weighted by Gasteiger charge is -2.23. The maximum Gasteiger partial charge on any atom is 0.147 e. The van der Waals surface area contributed by atoms with Crippen LogP contribution in [0.5, 0.6) is 5.75 Å². The van der Waals surface area contributed by atoms with E-state index in [0.717, 1.165) is 29.9 Å². The number of ketones is 1. The topological polar surface area (TPSA) is 40.5 Å². The third kappa shape index (κ3) is 1.53. The second-order valence-electron chi connectivity index (χ2n) is 5.92. The van der Waals surface area contributed by atoms with Crippen LogP contribution in [0.4, 0.5) is 5.69 Å². The van der Waals surface area contributed by atoms with E-state index >= 15 is 0 Å². The first-order valence-corrected chi connectivity index (χ1v) is 6.65. The van der Waals surface area contributed by atoms with Crippen LogP contribution < -0.4 is 4.90 Å². The molecule has 0 bridgehead atoms. The summed E-state index contributed by atoms with van der Waals surface area (Å²) in [6, 6.07) is 3.82. The molecule has 3 heteroatoms. The molecule has 0 unspecified atom stereocenters. The summed E-state index contributed by atoms with van der Waals surface area (Å²) in [5.41, 5.74) is 2.57. The number of anilines is 1. The third-order valence-electron chi connectivity index (χ3n) is 4.37. The second-order valence-corrected chi connectivity index (χ2v) is 5.92. The Morgan fingerprint density at radius 1 is 1.22 bits per heavy atom. The number of aromatic hydroxyl groups is 1. The van der Waals surface area contributed by atoms with Crippen LogP contribution in [0.2, 0.25) is 0 Å². The van der Waals surface area contributed by atoms with Crippen molar-refractivity contribution in [2.45, 2.75) is 38.5 Å². The lowest BCUT2D eigenvalue weighted by molar-refractivity contribution is -0.121. The molecule has 0 radical (unpaired) electrons. The smallest absolute Gasteiger partial charge is 0.147 e. The van der Waals surface area contributed by atoms with E-state index in [1.807, 2.05) is 19.9 Å². The molecule has 1 aliphatic heterocycles. The van der Waals surface area contributed by atoms with Crippen LogP contribution in [0.25, 0.3) is 0 Å². The van der Waals surface area contributed by atoms with Gasteiger partial charge in [-0.3, -0.25) is 4.79 Å². The summed E-state index contributed by atoms with van der Waals surface area (Å²) >= 11 is 0. The second kappa shape index (κ2) is 3.74. The number of phenolic OH excluding ortho intramolecular Hbond substituents is 1. The number of nitrogens with zero attached hydrogens (tertiary/aromatic N) is 1. The molecule has 3 nitrogen and oxygen atoms in total. The fourth-order valence-electron chi connectivity index (χ4n) is 3.10. The fourth-order valence-corrected chi connectivity index (χ4v) is 3.10. The number of phenols is 1. The molecule has 1 saturated heterocycles. The van der Waals surface area contributed by atoms with Gasteiger partial charge in [-0.2, -0.15) is 0 Å². The van der Waals surface area contributed by atoms with Crippen LogP contribution in [-0.4, -0.2) is 24.0 Å². The fraction of sp³-hybridized carbons (Fsp3) is 0.533. The summed E-state index contributed by atoms with van der Waals surface area (Å²) in [5.74, 6) is 0.566. The van der Waals surface area contributed by atoms with Crippen molar-refractivity contribution < 1.29 is 9.90 Å². The summed E-state index contributed by atoms with van der Waals surface area (Å²) in [4.78, 5) is 14.2. The van der Waals surface area contributed by atoms with Crippen LogP contribution >= 0.6 is 0 Å². The molecule has 1 aromatic rings. The predicted octanol–water partition coefficient (Wildman–Crippen LogP) is 2.40. The van der Waals surface area contributed by atoms with Gasteiger partial charge < -0.3 is 10.0 Å².